The number of carbonyl (C=O) groups excluding carboxylic acids is 1. The van der Waals surface area contributed by atoms with Gasteiger partial charge in [0.15, 0.2) is 0 Å². The molecule has 1 N–H and O–H groups in total. The third-order valence-electron chi connectivity index (χ3n) is 4.49. The molecule has 5 nitrogen and oxygen atoms in total. The molecule has 0 aromatic heterocycles. The highest BCUT2D eigenvalue weighted by molar-refractivity contribution is 5.81. The van der Waals surface area contributed by atoms with Crippen molar-refractivity contribution >= 4 is 11.9 Å². The van der Waals surface area contributed by atoms with Gasteiger partial charge in [-0.15, -0.1) is 0 Å². The Morgan fingerprint density at radius 1 is 1.00 bits per heavy atom. The number of aliphatic carboxylic acids is 1. The monoisotopic (exact) mass is 253 g/mol. The van der Waals surface area contributed by atoms with Crippen LogP contribution in [-0.2, 0) is 14.3 Å². The zero-order chi connectivity index (χ0) is 12.7. The first-order valence-corrected chi connectivity index (χ1v) is 6.80. The third kappa shape index (κ3) is 2.11. The lowest BCUT2D eigenvalue weighted by Crippen LogP contribution is -2.47. The number of rotatable bonds is 2. The summed E-state index contributed by atoms with van der Waals surface area (Å²) in [6, 6.07) is 0. The number of amides is 1. The second-order valence-electron chi connectivity index (χ2n) is 5.75. The maximum Gasteiger partial charge on any atom is 0.306 e. The minimum absolute atomic E-state index is 0.0800. The van der Waals surface area contributed by atoms with E-state index in [-0.39, 0.29) is 30.0 Å². The quantitative estimate of drug-likeness (QED) is 0.793. The lowest BCUT2D eigenvalue weighted by Gasteiger charge is -2.33. The Morgan fingerprint density at radius 2 is 1.61 bits per heavy atom. The van der Waals surface area contributed by atoms with E-state index in [4.69, 9.17) is 9.84 Å². The molecule has 0 aromatic rings. The van der Waals surface area contributed by atoms with Crippen LogP contribution in [0.15, 0.2) is 0 Å². The predicted octanol–water partition coefficient (Wildman–Crippen LogP) is 0.877. The number of morpholine rings is 1. The van der Waals surface area contributed by atoms with Crippen molar-refractivity contribution in [2.45, 2.75) is 44.3 Å². The Morgan fingerprint density at radius 3 is 2.17 bits per heavy atom. The third-order valence-corrected chi connectivity index (χ3v) is 4.49. The first-order valence-electron chi connectivity index (χ1n) is 6.80. The number of hydrogen-bond acceptors (Lipinski definition) is 3. The predicted molar refractivity (Wildman–Crippen MR) is 62.9 cm³/mol. The smallest absolute Gasteiger partial charge is 0.306 e. The second-order valence-corrected chi connectivity index (χ2v) is 5.75. The molecule has 3 aliphatic rings. The summed E-state index contributed by atoms with van der Waals surface area (Å²) in [4.78, 5) is 25.2. The van der Waals surface area contributed by atoms with Gasteiger partial charge >= 0.3 is 5.97 Å². The van der Waals surface area contributed by atoms with Crippen molar-refractivity contribution in [3.05, 3.63) is 0 Å². The fourth-order valence-electron chi connectivity index (χ4n) is 3.48. The van der Waals surface area contributed by atoms with Gasteiger partial charge in [0.25, 0.3) is 0 Å². The van der Waals surface area contributed by atoms with E-state index in [1.165, 1.54) is 0 Å². The van der Waals surface area contributed by atoms with E-state index in [1.807, 2.05) is 4.90 Å². The van der Waals surface area contributed by atoms with E-state index in [0.29, 0.717) is 25.9 Å². The maximum atomic E-state index is 12.4. The Kier molecular flexibility index (Phi) is 3.01. The van der Waals surface area contributed by atoms with Gasteiger partial charge in [-0.05, 0) is 32.1 Å². The SMILES string of the molecule is O=C(O)C1CCC(C(=O)N2CC3CCC(C2)O3)C1. The summed E-state index contributed by atoms with van der Waals surface area (Å²) in [6.45, 7) is 1.40. The molecule has 1 amide bonds. The molecule has 2 bridgehead atoms. The van der Waals surface area contributed by atoms with Gasteiger partial charge in [0.05, 0.1) is 18.1 Å². The molecule has 4 unspecified atom stereocenters. The zero-order valence-corrected chi connectivity index (χ0v) is 10.4. The lowest BCUT2D eigenvalue weighted by molar-refractivity contribution is -0.144. The van der Waals surface area contributed by atoms with Crippen LogP contribution in [0, 0.1) is 11.8 Å². The summed E-state index contributed by atoms with van der Waals surface area (Å²) in [5, 5.41) is 8.97. The minimum Gasteiger partial charge on any atom is -0.481 e. The molecular formula is C13H19NO4. The summed E-state index contributed by atoms with van der Waals surface area (Å²) >= 11 is 0. The molecule has 0 radical (unpaired) electrons. The molecule has 2 aliphatic heterocycles. The van der Waals surface area contributed by atoms with Crippen LogP contribution in [0.25, 0.3) is 0 Å². The molecule has 2 saturated heterocycles. The van der Waals surface area contributed by atoms with Gasteiger partial charge in [0.1, 0.15) is 0 Å². The molecule has 1 aliphatic carbocycles. The van der Waals surface area contributed by atoms with Crippen LogP contribution in [-0.4, -0.2) is 47.2 Å². The largest absolute Gasteiger partial charge is 0.481 e. The standard InChI is InChI=1S/C13H19NO4/c15-12(8-1-2-9(5-8)13(16)17)14-6-10-3-4-11(7-14)18-10/h8-11H,1-7H2,(H,16,17). The fourth-order valence-corrected chi connectivity index (χ4v) is 3.48. The molecule has 3 fully saturated rings. The summed E-state index contributed by atoms with van der Waals surface area (Å²) in [5.74, 6) is -1.01. The van der Waals surface area contributed by atoms with Crippen LogP contribution in [0.2, 0.25) is 0 Å². The Bertz CT molecular complexity index is 358. The van der Waals surface area contributed by atoms with Crippen molar-refractivity contribution in [3.8, 4) is 0 Å². The molecule has 0 spiro atoms. The first kappa shape index (κ1) is 12.0. The number of carboxylic acids is 1. The average molecular weight is 253 g/mol. The number of fused-ring (bicyclic) bond motifs is 2. The molecule has 0 aromatic carbocycles. The van der Waals surface area contributed by atoms with Crippen molar-refractivity contribution in [3.63, 3.8) is 0 Å². The van der Waals surface area contributed by atoms with Crippen LogP contribution >= 0.6 is 0 Å². The van der Waals surface area contributed by atoms with Crippen molar-refractivity contribution in [1.29, 1.82) is 0 Å². The molecule has 100 valence electrons. The summed E-state index contributed by atoms with van der Waals surface area (Å²) < 4.78 is 5.71. The van der Waals surface area contributed by atoms with Gasteiger partial charge < -0.3 is 14.7 Å². The number of carbonyl (C=O) groups is 2. The van der Waals surface area contributed by atoms with Gasteiger partial charge in [-0.3, -0.25) is 9.59 Å². The average Bonchev–Trinajstić information content (AvgIpc) is 2.95. The molecule has 2 heterocycles. The number of likely N-dealkylation sites (tertiary alicyclic amines) is 1. The summed E-state index contributed by atoms with van der Waals surface area (Å²) in [5.41, 5.74) is 0. The normalized spacial score (nSPS) is 39.0. The van der Waals surface area contributed by atoms with Crippen LogP contribution in [0.1, 0.15) is 32.1 Å². The molecule has 3 rings (SSSR count). The zero-order valence-electron chi connectivity index (χ0n) is 10.4. The Balaban J connectivity index is 1.60. The molecule has 5 heteroatoms. The van der Waals surface area contributed by atoms with Crippen LogP contribution in [0.5, 0.6) is 0 Å². The number of carboxylic acid groups (broad SMARTS) is 1. The Hall–Kier alpha value is -1.10. The second kappa shape index (κ2) is 4.53. The highest BCUT2D eigenvalue weighted by Crippen LogP contribution is 2.34. The van der Waals surface area contributed by atoms with Crippen molar-refractivity contribution < 1.29 is 19.4 Å². The highest BCUT2D eigenvalue weighted by atomic mass is 16.5. The van der Waals surface area contributed by atoms with E-state index in [1.54, 1.807) is 0 Å². The van der Waals surface area contributed by atoms with E-state index >= 15 is 0 Å². The van der Waals surface area contributed by atoms with Gasteiger partial charge in [-0.1, -0.05) is 0 Å². The highest BCUT2D eigenvalue weighted by Gasteiger charge is 2.40. The van der Waals surface area contributed by atoms with Crippen molar-refractivity contribution in [2.75, 3.05) is 13.1 Å². The molecule has 1 saturated carbocycles. The maximum absolute atomic E-state index is 12.4. The van der Waals surface area contributed by atoms with E-state index in [9.17, 15) is 9.59 Å². The van der Waals surface area contributed by atoms with Gasteiger partial charge in [-0.25, -0.2) is 0 Å². The molecule has 18 heavy (non-hydrogen) atoms. The van der Waals surface area contributed by atoms with Gasteiger partial charge in [-0.2, -0.15) is 0 Å². The minimum atomic E-state index is -0.757. The fraction of sp³-hybridized carbons (Fsp3) is 0.846. The van der Waals surface area contributed by atoms with Crippen LogP contribution in [0.4, 0.5) is 0 Å². The van der Waals surface area contributed by atoms with Crippen LogP contribution < -0.4 is 0 Å². The van der Waals surface area contributed by atoms with Crippen molar-refractivity contribution in [2.24, 2.45) is 11.8 Å². The number of hydrogen-bond donors (Lipinski definition) is 1. The van der Waals surface area contributed by atoms with Gasteiger partial charge in [0.2, 0.25) is 5.91 Å². The van der Waals surface area contributed by atoms with E-state index < -0.39 is 5.97 Å². The summed E-state index contributed by atoms with van der Waals surface area (Å²) in [6.07, 6.45) is 4.41. The topological polar surface area (TPSA) is 66.8 Å². The summed E-state index contributed by atoms with van der Waals surface area (Å²) in [7, 11) is 0. The van der Waals surface area contributed by atoms with Gasteiger partial charge in [0, 0.05) is 19.0 Å². The van der Waals surface area contributed by atoms with Crippen molar-refractivity contribution in [1.82, 2.24) is 4.90 Å². The van der Waals surface area contributed by atoms with Crippen LogP contribution in [0.3, 0.4) is 0 Å². The van der Waals surface area contributed by atoms with E-state index in [0.717, 1.165) is 19.3 Å². The molecular weight excluding hydrogens is 234 g/mol. The first-order chi connectivity index (χ1) is 8.63. The molecule has 4 atom stereocenters. The van der Waals surface area contributed by atoms with E-state index in [2.05, 4.69) is 0 Å². The number of ether oxygens (including phenoxy) is 1. The Labute approximate surface area is 106 Å². The lowest BCUT2D eigenvalue weighted by atomic mass is 10.0. The number of nitrogens with zero attached hydrogens (tertiary/aromatic N) is 1.